The van der Waals surface area contributed by atoms with Crippen molar-refractivity contribution in [2.75, 3.05) is 25.6 Å². The Morgan fingerprint density at radius 2 is 2.00 bits per heavy atom. The molecule has 0 aromatic heterocycles. The fourth-order valence-electron chi connectivity index (χ4n) is 2.03. The second kappa shape index (κ2) is 9.50. The number of rotatable bonds is 8. The summed E-state index contributed by atoms with van der Waals surface area (Å²) in [5, 5.41) is 0.323. The topological polar surface area (TPSA) is 52.6 Å². The maximum absolute atomic E-state index is 12.0. The fourth-order valence-corrected chi connectivity index (χ4v) is 3.57. The first-order chi connectivity index (χ1) is 8.74. The van der Waals surface area contributed by atoms with Gasteiger partial charge in [0.2, 0.25) is 0 Å². The quantitative estimate of drug-likeness (QED) is 0.503. The van der Waals surface area contributed by atoms with Crippen LogP contribution in [0.5, 0.6) is 0 Å². The summed E-state index contributed by atoms with van der Waals surface area (Å²) in [5.41, 5.74) is 0. The maximum atomic E-state index is 12.0. The Bertz CT molecular complexity index is 262. The summed E-state index contributed by atoms with van der Waals surface area (Å²) >= 11 is 0. The van der Waals surface area contributed by atoms with Crippen molar-refractivity contribution >= 4 is 16.8 Å². The second-order valence-corrected chi connectivity index (χ2v) is 6.35. The van der Waals surface area contributed by atoms with E-state index in [0.29, 0.717) is 18.3 Å². The van der Waals surface area contributed by atoms with Crippen LogP contribution >= 0.6 is 0 Å². The number of hydrogen-bond donors (Lipinski definition) is 0. The molecule has 0 aliphatic carbocycles. The summed E-state index contributed by atoms with van der Waals surface area (Å²) in [6.07, 6.45) is 5.06. The number of ether oxygens (including phenoxy) is 2. The van der Waals surface area contributed by atoms with E-state index in [9.17, 15) is 9.00 Å². The Morgan fingerprint density at radius 3 is 2.67 bits per heavy atom. The number of esters is 1. The maximum Gasteiger partial charge on any atom is 0.305 e. The van der Waals surface area contributed by atoms with Crippen LogP contribution in [0.4, 0.5) is 0 Å². The van der Waals surface area contributed by atoms with Crippen molar-refractivity contribution in [3.8, 4) is 0 Å². The van der Waals surface area contributed by atoms with E-state index in [-0.39, 0.29) is 5.97 Å². The minimum absolute atomic E-state index is 0.122. The predicted octanol–water partition coefficient (Wildman–Crippen LogP) is 2.04. The molecule has 18 heavy (non-hydrogen) atoms. The lowest BCUT2D eigenvalue weighted by molar-refractivity contribution is -0.143. The number of carbonyl (C=O) groups is 1. The number of unbranched alkanes of at least 4 members (excludes halogenated alkanes) is 2. The molecule has 1 saturated heterocycles. The Morgan fingerprint density at radius 1 is 1.28 bits per heavy atom. The summed E-state index contributed by atoms with van der Waals surface area (Å²) in [4.78, 5) is 11.1. The van der Waals surface area contributed by atoms with Crippen molar-refractivity contribution in [3.05, 3.63) is 0 Å². The van der Waals surface area contributed by atoms with Gasteiger partial charge in [-0.25, -0.2) is 0 Å². The molecule has 106 valence electrons. The van der Waals surface area contributed by atoms with Crippen LogP contribution in [0.2, 0.25) is 0 Å². The van der Waals surface area contributed by atoms with E-state index in [1.807, 2.05) is 6.92 Å². The third-order valence-corrected chi connectivity index (χ3v) is 4.98. The average Bonchev–Trinajstić information content (AvgIpc) is 2.39. The van der Waals surface area contributed by atoms with Gasteiger partial charge >= 0.3 is 5.97 Å². The Hall–Kier alpha value is -0.420. The minimum atomic E-state index is -0.720. The van der Waals surface area contributed by atoms with E-state index < -0.39 is 10.8 Å². The smallest absolute Gasteiger partial charge is 0.305 e. The van der Waals surface area contributed by atoms with Gasteiger partial charge in [-0.3, -0.25) is 9.00 Å². The van der Waals surface area contributed by atoms with Crippen LogP contribution in [0.25, 0.3) is 0 Å². The third kappa shape index (κ3) is 6.50. The molecule has 0 saturated carbocycles. The third-order valence-electron chi connectivity index (χ3n) is 3.07. The molecule has 1 rings (SSSR count). The van der Waals surface area contributed by atoms with Gasteiger partial charge in [-0.05, 0) is 32.6 Å². The Kier molecular flexibility index (Phi) is 8.25. The van der Waals surface area contributed by atoms with E-state index in [1.165, 1.54) is 0 Å². The van der Waals surface area contributed by atoms with Crippen LogP contribution in [0.15, 0.2) is 0 Å². The van der Waals surface area contributed by atoms with E-state index in [4.69, 9.17) is 9.47 Å². The van der Waals surface area contributed by atoms with E-state index in [1.54, 1.807) is 0 Å². The molecule has 5 heteroatoms. The zero-order valence-electron chi connectivity index (χ0n) is 11.2. The normalized spacial score (nSPS) is 18.5. The standard InChI is InChI=1S/C13H24O4S/c1-2-17-13(14)6-4-3-5-11-18(15)12-7-9-16-10-8-12/h12H,2-11H2,1H3. The van der Waals surface area contributed by atoms with Gasteiger partial charge in [0.25, 0.3) is 0 Å². The average molecular weight is 276 g/mol. The van der Waals surface area contributed by atoms with E-state index in [2.05, 4.69) is 0 Å². The molecule has 1 heterocycles. The molecule has 0 amide bonds. The highest BCUT2D eigenvalue weighted by molar-refractivity contribution is 7.85. The predicted molar refractivity (Wildman–Crippen MR) is 72.0 cm³/mol. The summed E-state index contributed by atoms with van der Waals surface area (Å²) in [6.45, 7) is 3.76. The van der Waals surface area contributed by atoms with Gasteiger partial charge in [0.15, 0.2) is 0 Å². The summed E-state index contributed by atoms with van der Waals surface area (Å²) < 4.78 is 22.1. The molecule has 1 aliphatic heterocycles. The molecule has 1 aliphatic rings. The zero-order chi connectivity index (χ0) is 13.2. The van der Waals surface area contributed by atoms with Crippen LogP contribution in [-0.4, -0.2) is 41.0 Å². The van der Waals surface area contributed by atoms with E-state index in [0.717, 1.165) is 51.1 Å². The summed E-state index contributed by atoms with van der Waals surface area (Å²) in [5.74, 6) is 0.635. The minimum Gasteiger partial charge on any atom is -0.466 e. The molecular formula is C13H24O4S. The Labute approximate surface area is 112 Å². The summed E-state index contributed by atoms with van der Waals surface area (Å²) in [6, 6.07) is 0. The van der Waals surface area contributed by atoms with Crippen LogP contribution in [0, 0.1) is 0 Å². The molecular weight excluding hydrogens is 252 g/mol. The lowest BCUT2D eigenvalue weighted by Crippen LogP contribution is -2.26. The first-order valence-corrected chi connectivity index (χ1v) is 8.22. The van der Waals surface area contributed by atoms with Gasteiger partial charge in [0, 0.05) is 41.4 Å². The highest BCUT2D eigenvalue weighted by atomic mass is 32.2. The molecule has 1 unspecified atom stereocenters. The van der Waals surface area contributed by atoms with Gasteiger partial charge in [-0.2, -0.15) is 0 Å². The van der Waals surface area contributed by atoms with Crippen molar-refractivity contribution < 1.29 is 18.5 Å². The van der Waals surface area contributed by atoms with Crippen LogP contribution in [-0.2, 0) is 25.1 Å². The zero-order valence-corrected chi connectivity index (χ0v) is 12.0. The van der Waals surface area contributed by atoms with Gasteiger partial charge in [-0.1, -0.05) is 6.42 Å². The first-order valence-electron chi connectivity index (χ1n) is 6.84. The van der Waals surface area contributed by atoms with Crippen LogP contribution in [0.1, 0.15) is 45.4 Å². The molecule has 0 aromatic rings. The van der Waals surface area contributed by atoms with Crippen molar-refractivity contribution in [1.82, 2.24) is 0 Å². The molecule has 0 aromatic carbocycles. The molecule has 0 N–H and O–H groups in total. The largest absolute Gasteiger partial charge is 0.466 e. The van der Waals surface area contributed by atoms with Gasteiger partial charge in [0.05, 0.1) is 6.61 Å². The molecule has 0 bridgehead atoms. The fraction of sp³-hybridized carbons (Fsp3) is 0.923. The van der Waals surface area contributed by atoms with Crippen molar-refractivity contribution in [1.29, 1.82) is 0 Å². The second-order valence-electron chi connectivity index (χ2n) is 4.51. The number of hydrogen-bond acceptors (Lipinski definition) is 4. The van der Waals surface area contributed by atoms with Gasteiger partial charge < -0.3 is 9.47 Å². The van der Waals surface area contributed by atoms with Crippen molar-refractivity contribution in [2.24, 2.45) is 0 Å². The van der Waals surface area contributed by atoms with E-state index >= 15 is 0 Å². The lowest BCUT2D eigenvalue weighted by Gasteiger charge is -2.21. The molecule has 1 atom stereocenters. The molecule has 0 spiro atoms. The van der Waals surface area contributed by atoms with Gasteiger partial charge in [-0.15, -0.1) is 0 Å². The SMILES string of the molecule is CCOC(=O)CCCCCS(=O)C1CCOCC1. The first kappa shape index (κ1) is 15.6. The highest BCUT2D eigenvalue weighted by Crippen LogP contribution is 2.15. The molecule has 1 fully saturated rings. The monoisotopic (exact) mass is 276 g/mol. The molecule has 4 nitrogen and oxygen atoms in total. The van der Waals surface area contributed by atoms with Gasteiger partial charge in [0.1, 0.15) is 0 Å². The Balaban J connectivity index is 2.00. The van der Waals surface area contributed by atoms with Crippen molar-refractivity contribution in [3.63, 3.8) is 0 Å². The summed E-state index contributed by atoms with van der Waals surface area (Å²) in [7, 11) is -0.720. The van der Waals surface area contributed by atoms with Crippen molar-refractivity contribution in [2.45, 2.75) is 50.7 Å². The van der Waals surface area contributed by atoms with Crippen LogP contribution in [0.3, 0.4) is 0 Å². The molecule has 0 radical (unpaired) electrons. The van der Waals surface area contributed by atoms with Crippen LogP contribution < -0.4 is 0 Å². The lowest BCUT2D eigenvalue weighted by atomic mass is 10.2. The number of carbonyl (C=O) groups excluding carboxylic acids is 1. The highest BCUT2D eigenvalue weighted by Gasteiger charge is 2.19.